The molecule has 2 aromatic rings. The van der Waals surface area contributed by atoms with E-state index in [1.807, 2.05) is 6.07 Å². The summed E-state index contributed by atoms with van der Waals surface area (Å²) in [6.07, 6.45) is 2.21. The Kier molecular flexibility index (Phi) is 5.14. The molecule has 1 aliphatic rings. The molecule has 0 fully saturated rings. The van der Waals surface area contributed by atoms with Crippen molar-refractivity contribution in [3.63, 3.8) is 0 Å². The first kappa shape index (κ1) is 16.5. The molecule has 0 saturated carbocycles. The molecule has 1 N–H and O–H groups in total. The third-order valence-electron chi connectivity index (χ3n) is 4.45. The molecule has 1 atom stereocenters. The molecule has 0 aliphatic carbocycles. The Morgan fingerprint density at radius 2 is 1.58 bits per heavy atom. The molecular weight excluding hydrogens is 292 g/mol. The Hall–Kier alpha value is -2.35. The Morgan fingerprint density at radius 1 is 0.958 bits per heavy atom. The number of allylic oxidation sites excluding steroid dienone is 1. The monoisotopic (exact) mass is 318 g/mol. The van der Waals surface area contributed by atoms with Gasteiger partial charge in [0.1, 0.15) is 11.9 Å². The van der Waals surface area contributed by atoms with E-state index < -0.39 is 0 Å². The second-order valence-corrected chi connectivity index (χ2v) is 6.63. The van der Waals surface area contributed by atoms with Gasteiger partial charge < -0.3 is 5.32 Å². The Labute approximate surface area is 145 Å². The minimum absolute atomic E-state index is 0.111. The molecule has 0 amide bonds. The van der Waals surface area contributed by atoms with Crippen molar-refractivity contribution in [2.75, 3.05) is 0 Å². The third-order valence-corrected chi connectivity index (χ3v) is 4.45. The molecule has 1 aliphatic heterocycles. The lowest BCUT2D eigenvalue weighted by molar-refractivity contribution is 0.634. The van der Waals surface area contributed by atoms with Crippen molar-refractivity contribution in [2.24, 2.45) is 10.9 Å². The molecule has 24 heavy (non-hydrogen) atoms. The van der Waals surface area contributed by atoms with Crippen LogP contribution in [0.3, 0.4) is 0 Å². The van der Waals surface area contributed by atoms with Crippen molar-refractivity contribution in [1.82, 2.24) is 5.32 Å². The maximum atomic E-state index is 5.10. The topological polar surface area (TPSA) is 24.4 Å². The first-order valence-electron chi connectivity index (χ1n) is 8.88. The molecule has 2 heteroatoms. The summed E-state index contributed by atoms with van der Waals surface area (Å²) in [6.45, 7) is 6.76. The van der Waals surface area contributed by atoms with E-state index in [1.54, 1.807) is 0 Å². The average molecular weight is 318 g/mol. The van der Waals surface area contributed by atoms with Crippen LogP contribution in [-0.4, -0.2) is 5.84 Å². The summed E-state index contributed by atoms with van der Waals surface area (Å²) < 4.78 is 0. The van der Waals surface area contributed by atoms with Gasteiger partial charge in [-0.25, -0.2) is 0 Å². The van der Waals surface area contributed by atoms with Gasteiger partial charge in [-0.1, -0.05) is 87.9 Å². The SMILES string of the molecule is CCCC1=C(C(C)C)NC(c2ccccc2)=NC1c1ccccc1. The number of aliphatic imine (C=N–C) groups is 1. The molecule has 0 radical (unpaired) electrons. The zero-order chi connectivity index (χ0) is 16.9. The van der Waals surface area contributed by atoms with Gasteiger partial charge in [0.15, 0.2) is 0 Å². The minimum Gasteiger partial charge on any atom is -0.343 e. The van der Waals surface area contributed by atoms with Crippen LogP contribution in [0, 0.1) is 5.92 Å². The van der Waals surface area contributed by atoms with Gasteiger partial charge >= 0.3 is 0 Å². The molecule has 2 nitrogen and oxygen atoms in total. The van der Waals surface area contributed by atoms with Crippen molar-refractivity contribution in [3.05, 3.63) is 83.1 Å². The number of benzene rings is 2. The highest BCUT2D eigenvalue weighted by Crippen LogP contribution is 2.36. The molecule has 2 aromatic carbocycles. The summed E-state index contributed by atoms with van der Waals surface area (Å²) in [5.74, 6) is 1.43. The van der Waals surface area contributed by atoms with E-state index >= 15 is 0 Å². The second-order valence-electron chi connectivity index (χ2n) is 6.63. The summed E-state index contributed by atoms with van der Waals surface area (Å²) in [5, 5.41) is 3.63. The molecule has 0 aromatic heterocycles. The van der Waals surface area contributed by atoms with Gasteiger partial charge in [-0.3, -0.25) is 4.99 Å². The predicted molar refractivity (Wildman–Crippen MR) is 102 cm³/mol. The minimum atomic E-state index is 0.111. The van der Waals surface area contributed by atoms with E-state index in [0.29, 0.717) is 5.92 Å². The average Bonchev–Trinajstić information content (AvgIpc) is 2.63. The van der Waals surface area contributed by atoms with Crippen molar-refractivity contribution < 1.29 is 0 Å². The Morgan fingerprint density at radius 3 is 2.17 bits per heavy atom. The van der Waals surface area contributed by atoms with Crippen LogP contribution in [0.5, 0.6) is 0 Å². The fraction of sp³-hybridized carbons (Fsp3) is 0.318. The highest BCUT2D eigenvalue weighted by atomic mass is 15.1. The number of hydrogen-bond donors (Lipinski definition) is 1. The standard InChI is InChI=1S/C22H26N2/c1-4-11-19-20(16(2)3)23-22(18-14-9-6-10-15-18)24-21(19)17-12-7-5-8-13-17/h5-10,12-16,21H,4,11H2,1-3H3,(H,23,24). The highest BCUT2D eigenvalue weighted by molar-refractivity contribution is 6.00. The van der Waals surface area contributed by atoms with Crippen LogP contribution < -0.4 is 5.32 Å². The fourth-order valence-corrected chi connectivity index (χ4v) is 3.30. The molecule has 124 valence electrons. The van der Waals surface area contributed by atoms with Gasteiger partial charge in [-0.15, -0.1) is 0 Å². The van der Waals surface area contributed by atoms with Gasteiger partial charge in [0.05, 0.1) is 0 Å². The number of nitrogens with zero attached hydrogens (tertiary/aromatic N) is 1. The van der Waals surface area contributed by atoms with Gasteiger partial charge in [-0.2, -0.15) is 0 Å². The van der Waals surface area contributed by atoms with Gasteiger partial charge in [-0.05, 0) is 23.5 Å². The van der Waals surface area contributed by atoms with Crippen molar-refractivity contribution in [3.8, 4) is 0 Å². The quantitative estimate of drug-likeness (QED) is 0.774. The summed E-state index contributed by atoms with van der Waals surface area (Å²) in [4.78, 5) is 5.10. The van der Waals surface area contributed by atoms with Crippen LogP contribution in [0.4, 0.5) is 0 Å². The largest absolute Gasteiger partial charge is 0.343 e. The zero-order valence-electron chi connectivity index (χ0n) is 14.8. The van der Waals surface area contributed by atoms with Crippen LogP contribution in [0.15, 0.2) is 76.9 Å². The van der Waals surface area contributed by atoms with Gasteiger partial charge in [0, 0.05) is 11.3 Å². The maximum absolute atomic E-state index is 5.10. The first-order valence-corrected chi connectivity index (χ1v) is 8.88. The lowest BCUT2D eigenvalue weighted by Crippen LogP contribution is -2.33. The van der Waals surface area contributed by atoms with Crippen LogP contribution in [0.25, 0.3) is 0 Å². The van der Waals surface area contributed by atoms with Crippen LogP contribution >= 0.6 is 0 Å². The summed E-state index contributed by atoms with van der Waals surface area (Å²) in [7, 11) is 0. The second kappa shape index (κ2) is 7.48. The molecule has 0 spiro atoms. The number of rotatable bonds is 5. The van der Waals surface area contributed by atoms with Crippen molar-refractivity contribution in [1.29, 1.82) is 0 Å². The van der Waals surface area contributed by atoms with Crippen LogP contribution in [0.1, 0.15) is 50.8 Å². The maximum Gasteiger partial charge on any atom is 0.133 e. The lowest BCUT2D eigenvalue weighted by Gasteiger charge is -2.31. The van der Waals surface area contributed by atoms with Crippen molar-refractivity contribution >= 4 is 5.84 Å². The molecule has 3 rings (SSSR count). The Balaban J connectivity index is 2.10. The summed E-state index contributed by atoms with van der Waals surface area (Å²) >= 11 is 0. The van der Waals surface area contributed by atoms with Crippen LogP contribution in [0.2, 0.25) is 0 Å². The predicted octanol–water partition coefficient (Wildman–Crippen LogP) is 5.49. The molecular formula is C22H26N2. The molecule has 1 unspecified atom stereocenters. The first-order chi connectivity index (χ1) is 11.7. The fourth-order valence-electron chi connectivity index (χ4n) is 3.30. The van der Waals surface area contributed by atoms with E-state index in [0.717, 1.165) is 24.2 Å². The lowest BCUT2D eigenvalue weighted by atomic mass is 9.89. The normalized spacial score (nSPS) is 17.7. The zero-order valence-corrected chi connectivity index (χ0v) is 14.8. The van der Waals surface area contributed by atoms with E-state index in [1.165, 1.54) is 16.8 Å². The van der Waals surface area contributed by atoms with E-state index in [-0.39, 0.29) is 6.04 Å². The molecule has 0 bridgehead atoms. The number of nitrogens with one attached hydrogen (secondary N) is 1. The van der Waals surface area contributed by atoms with Crippen molar-refractivity contribution in [2.45, 2.75) is 39.7 Å². The third kappa shape index (κ3) is 3.43. The van der Waals surface area contributed by atoms with Gasteiger partial charge in [0.25, 0.3) is 0 Å². The molecule has 0 saturated heterocycles. The number of hydrogen-bond acceptors (Lipinski definition) is 2. The van der Waals surface area contributed by atoms with Crippen LogP contribution in [-0.2, 0) is 0 Å². The highest BCUT2D eigenvalue weighted by Gasteiger charge is 2.26. The smallest absolute Gasteiger partial charge is 0.133 e. The van der Waals surface area contributed by atoms with E-state index in [9.17, 15) is 0 Å². The molecule has 1 heterocycles. The summed E-state index contributed by atoms with van der Waals surface area (Å²) in [5.41, 5.74) is 5.18. The number of amidine groups is 1. The van der Waals surface area contributed by atoms with Gasteiger partial charge in [0.2, 0.25) is 0 Å². The summed E-state index contributed by atoms with van der Waals surface area (Å²) in [6, 6.07) is 21.2. The Bertz CT molecular complexity index is 727. The van der Waals surface area contributed by atoms with E-state index in [2.05, 4.69) is 80.7 Å². The van der Waals surface area contributed by atoms with E-state index in [4.69, 9.17) is 4.99 Å².